The van der Waals surface area contributed by atoms with Crippen molar-refractivity contribution in [1.82, 2.24) is 0 Å². The number of nitrogens with zero attached hydrogens (tertiary/aromatic N) is 4. The van der Waals surface area contributed by atoms with Crippen LogP contribution >= 0.6 is 0 Å². The fourth-order valence-electron chi connectivity index (χ4n) is 3.26. The quantitative estimate of drug-likeness (QED) is 0.217. The number of hydrogen-bond acceptors (Lipinski definition) is 10. The van der Waals surface area contributed by atoms with Crippen LogP contribution in [0, 0.1) is 20.2 Å². The standard InChI is InChI=1S/2C13H14N2O4.Ni/c2*1-13(2)8-19-12(14-13)7-11(16)9-3-5-10(6-4-9)15(17)18;/h2*3-7,16H,8H2,1-2H3;/q;;+2/p-2/b2*11-7-;. The van der Waals surface area contributed by atoms with E-state index in [9.17, 15) is 30.4 Å². The third-order valence-electron chi connectivity index (χ3n) is 5.21. The van der Waals surface area contributed by atoms with Crippen molar-refractivity contribution >= 4 is 34.7 Å². The van der Waals surface area contributed by atoms with Crippen molar-refractivity contribution in [2.75, 3.05) is 13.2 Å². The number of nitro benzene ring substituents is 2. The van der Waals surface area contributed by atoms with Gasteiger partial charge in [-0.15, -0.1) is 0 Å². The van der Waals surface area contributed by atoms with Gasteiger partial charge in [-0.25, -0.2) is 9.98 Å². The van der Waals surface area contributed by atoms with Crippen molar-refractivity contribution in [1.29, 1.82) is 0 Å². The molecular weight excluding hydrogens is 555 g/mol. The average molecular weight is 581 g/mol. The van der Waals surface area contributed by atoms with Crippen molar-refractivity contribution in [2.45, 2.75) is 38.8 Å². The summed E-state index contributed by atoms with van der Waals surface area (Å²) in [5.74, 6) is 0.0272. The van der Waals surface area contributed by atoms with E-state index in [1.807, 2.05) is 27.7 Å². The van der Waals surface area contributed by atoms with E-state index in [0.717, 1.165) is 0 Å². The molecular formula is C26H26N4NiO8. The second-order valence-electron chi connectivity index (χ2n) is 9.73. The molecule has 0 amide bonds. The summed E-state index contributed by atoms with van der Waals surface area (Å²) in [6.07, 6.45) is 2.60. The minimum Gasteiger partial charge on any atom is -0.872 e. The van der Waals surface area contributed by atoms with Gasteiger partial charge >= 0.3 is 16.5 Å². The maximum atomic E-state index is 11.9. The molecule has 0 unspecified atom stereocenters. The zero-order chi connectivity index (χ0) is 28.1. The molecule has 12 nitrogen and oxygen atoms in total. The molecule has 0 spiro atoms. The van der Waals surface area contributed by atoms with Gasteiger partial charge in [0.15, 0.2) is 0 Å². The van der Waals surface area contributed by atoms with Gasteiger partial charge in [0.05, 0.1) is 20.9 Å². The molecule has 2 aromatic carbocycles. The Morgan fingerprint density at radius 2 is 1.03 bits per heavy atom. The molecule has 2 aliphatic heterocycles. The Labute approximate surface area is 234 Å². The molecule has 0 N–H and O–H groups in total. The topological polar surface area (TPSA) is 176 Å². The molecule has 0 saturated heterocycles. The van der Waals surface area contributed by atoms with Crippen LogP contribution < -0.4 is 10.2 Å². The minimum atomic E-state index is -0.509. The van der Waals surface area contributed by atoms with Crippen LogP contribution in [0.2, 0.25) is 0 Å². The zero-order valence-corrected chi connectivity index (χ0v) is 22.5. The van der Waals surface area contributed by atoms with Crippen LogP contribution in [0.5, 0.6) is 0 Å². The maximum Gasteiger partial charge on any atom is 2.00 e. The van der Waals surface area contributed by atoms with Crippen molar-refractivity contribution in [3.8, 4) is 0 Å². The second-order valence-corrected chi connectivity index (χ2v) is 9.73. The van der Waals surface area contributed by atoms with Gasteiger partial charge in [0.1, 0.15) is 13.2 Å². The van der Waals surface area contributed by atoms with Gasteiger partial charge in [0.2, 0.25) is 11.8 Å². The molecule has 4 rings (SSSR count). The van der Waals surface area contributed by atoms with E-state index in [4.69, 9.17) is 9.47 Å². The first-order valence-electron chi connectivity index (χ1n) is 11.5. The van der Waals surface area contributed by atoms with Crippen LogP contribution in [0.25, 0.3) is 11.5 Å². The van der Waals surface area contributed by atoms with Crippen LogP contribution in [0.3, 0.4) is 0 Å². The number of rotatable bonds is 6. The summed E-state index contributed by atoms with van der Waals surface area (Å²) in [6.45, 7) is 8.50. The summed E-state index contributed by atoms with van der Waals surface area (Å²) >= 11 is 0. The predicted octanol–water partition coefficient (Wildman–Crippen LogP) is 3.00. The Balaban J connectivity index is 0.000000267. The summed E-state index contributed by atoms with van der Waals surface area (Å²) in [4.78, 5) is 28.5. The summed E-state index contributed by atoms with van der Waals surface area (Å²) in [6, 6.07) is 10.8. The average Bonchev–Trinajstić information content (AvgIpc) is 3.38. The van der Waals surface area contributed by atoms with Gasteiger partial charge in [0.25, 0.3) is 11.4 Å². The first-order valence-corrected chi connectivity index (χ1v) is 11.5. The van der Waals surface area contributed by atoms with Crippen molar-refractivity contribution in [2.24, 2.45) is 9.98 Å². The third kappa shape index (κ3) is 8.92. The zero-order valence-electron chi connectivity index (χ0n) is 21.6. The number of ether oxygens (including phenoxy) is 2. The Morgan fingerprint density at radius 3 is 1.26 bits per heavy atom. The van der Waals surface area contributed by atoms with E-state index in [1.165, 1.54) is 60.7 Å². The normalized spacial score (nSPS) is 17.3. The van der Waals surface area contributed by atoms with E-state index in [-0.39, 0.29) is 50.5 Å². The van der Waals surface area contributed by atoms with Gasteiger partial charge in [0, 0.05) is 24.3 Å². The number of benzene rings is 2. The fourth-order valence-corrected chi connectivity index (χ4v) is 3.26. The maximum absolute atomic E-state index is 11.9. The van der Waals surface area contributed by atoms with Crippen LogP contribution in [-0.4, -0.2) is 45.9 Å². The summed E-state index contributed by atoms with van der Waals surface area (Å²) in [7, 11) is 0. The summed E-state index contributed by atoms with van der Waals surface area (Å²) < 4.78 is 10.6. The Bertz CT molecular complexity index is 1230. The number of nitro groups is 2. The molecule has 0 aromatic heterocycles. The first-order chi connectivity index (χ1) is 17.7. The van der Waals surface area contributed by atoms with Gasteiger partial charge < -0.3 is 19.7 Å². The van der Waals surface area contributed by atoms with E-state index in [1.54, 1.807) is 0 Å². The van der Waals surface area contributed by atoms with Gasteiger partial charge in [-0.3, -0.25) is 20.2 Å². The molecule has 0 saturated carbocycles. The third-order valence-corrected chi connectivity index (χ3v) is 5.21. The number of non-ortho nitro benzene ring substituents is 2. The summed E-state index contributed by atoms with van der Waals surface area (Å²) in [5, 5.41) is 44.8. The van der Waals surface area contributed by atoms with E-state index in [2.05, 4.69) is 9.98 Å². The van der Waals surface area contributed by atoms with Gasteiger partial charge in [-0.05, 0) is 75.2 Å². The van der Waals surface area contributed by atoms with Crippen LogP contribution in [0.1, 0.15) is 38.8 Å². The van der Waals surface area contributed by atoms with Crippen molar-refractivity contribution in [3.05, 3.63) is 92.0 Å². The molecule has 0 atom stereocenters. The molecule has 2 aliphatic rings. The second kappa shape index (κ2) is 12.5. The summed E-state index contributed by atoms with van der Waals surface area (Å²) in [5.41, 5.74) is -0.00843. The van der Waals surface area contributed by atoms with Crippen LogP contribution in [-0.2, 0) is 26.0 Å². The SMILES string of the molecule is CC1(C)COC(/C=C(\[O-])c2ccc([N+](=O)[O-])cc2)=N1.CC1(C)COC(/C=C(\[O-])c2ccc([N+](=O)[O-])cc2)=N1.[Ni+2]. The first kappa shape index (κ1) is 31.0. The molecule has 2 heterocycles. The predicted molar refractivity (Wildman–Crippen MR) is 137 cm³/mol. The molecule has 2 aromatic rings. The van der Waals surface area contributed by atoms with Crippen molar-refractivity contribution < 1.29 is 46.0 Å². The Kier molecular flexibility index (Phi) is 9.95. The van der Waals surface area contributed by atoms with Gasteiger partial charge in [-0.1, -0.05) is 11.5 Å². The fraction of sp³-hybridized carbons (Fsp3) is 0.308. The smallest absolute Gasteiger partial charge is 0.872 e. The molecule has 39 heavy (non-hydrogen) atoms. The molecule has 0 radical (unpaired) electrons. The molecule has 13 heteroatoms. The Morgan fingerprint density at radius 1 is 0.718 bits per heavy atom. The van der Waals surface area contributed by atoms with Crippen molar-refractivity contribution in [3.63, 3.8) is 0 Å². The van der Waals surface area contributed by atoms with E-state index in [0.29, 0.717) is 36.1 Å². The largest absolute Gasteiger partial charge is 2.00 e. The molecule has 0 fully saturated rings. The monoisotopic (exact) mass is 580 g/mol. The van der Waals surface area contributed by atoms with Crippen LogP contribution in [0.4, 0.5) is 11.4 Å². The molecule has 208 valence electrons. The van der Waals surface area contributed by atoms with Crippen LogP contribution in [0.15, 0.2) is 70.7 Å². The molecule has 0 aliphatic carbocycles. The number of aliphatic imine (C=N–C) groups is 2. The van der Waals surface area contributed by atoms with Gasteiger partial charge in [-0.2, -0.15) is 0 Å². The Hall–Kier alpha value is -4.25. The molecule has 0 bridgehead atoms. The van der Waals surface area contributed by atoms with E-state index < -0.39 is 9.85 Å². The minimum absolute atomic E-state index is 0. The van der Waals surface area contributed by atoms with E-state index >= 15 is 0 Å². The number of hydrogen-bond donors (Lipinski definition) is 0.